The van der Waals surface area contributed by atoms with E-state index in [0.29, 0.717) is 29.8 Å². The molecule has 2 aliphatic rings. The van der Waals surface area contributed by atoms with Crippen LogP contribution in [-0.2, 0) is 5.54 Å². The summed E-state index contributed by atoms with van der Waals surface area (Å²) in [6.45, 7) is 7.02. The lowest BCUT2D eigenvalue weighted by molar-refractivity contribution is -0.138. The molecule has 0 bridgehead atoms. The third kappa shape index (κ3) is 2.47. The van der Waals surface area contributed by atoms with Crippen LogP contribution in [0.25, 0.3) is 0 Å². The van der Waals surface area contributed by atoms with Crippen LogP contribution in [0.4, 0.5) is 0 Å². The van der Waals surface area contributed by atoms with Gasteiger partial charge in [-0.25, -0.2) is 5.06 Å². The Balaban J connectivity index is 1.82. The van der Waals surface area contributed by atoms with Gasteiger partial charge in [0.2, 0.25) is 0 Å². The Kier molecular flexibility index (Phi) is 4.00. The molecule has 3 N–H and O–H groups in total. The van der Waals surface area contributed by atoms with Gasteiger partial charge in [0.15, 0.2) is 17.3 Å². The lowest BCUT2D eigenvalue weighted by Gasteiger charge is -2.43. The van der Waals surface area contributed by atoms with Gasteiger partial charge in [0, 0.05) is 0 Å². The second-order valence-electron chi connectivity index (χ2n) is 7.43. The van der Waals surface area contributed by atoms with Gasteiger partial charge >= 0.3 is 0 Å². The molecule has 5 heteroatoms. The summed E-state index contributed by atoms with van der Waals surface area (Å²) in [7, 11) is 0. The fourth-order valence-corrected chi connectivity index (χ4v) is 3.85. The first-order chi connectivity index (χ1) is 10.9. The maximum Gasteiger partial charge on any atom is 0.169 e. The van der Waals surface area contributed by atoms with Gasteiger partial charge in [0.25, 0.3) is 0 Å². The minimum Gasteiger partial charge on any atom is -0.504 e. The Hall–Kier alpha value is -1.75. The van der Waals surface area contributed by atoms with E-state index in [1.54, 1.807) is 6.07 Å². The number of phenolic OH excluding ortho intramolecular Hbond substituents is 1. The summed E-state index contributed by atoms with van der Waals surface area (Å²) < 4.78 is 5.78. The van der Waals surface area contributed by atoms with E-state index in [4.69, 9.17) is 10.1 Å². The molecule has 1 atom stereocenters. The highest BCUT2D eigenvalue weighted by molar-refractivity contribution is 6.04. The summed E-state index contributed by atoms with van der Waals surface area (Å²) in [5.74, 6) is 1.35. The average molecular weight is 318 g/mol. The predicted octanol–water partition coefficient (Wildman–Crippen LogP) is 3.86. The van der Waals surface area contributed by atoms with Crippen molar-refractivity contribution < 1.29 is 15.1 Å². The molecule has 126 valence electrons. The maximum absolute atomic E-state index is 10.5. The van der Waals surface area contributed by atoms with Crippen LogP contribution in [0.3, 0.4) is 0 Å². The fourth-order valence-electron chi connectivity index (χ4n) is 3.85. The van der Waals surface area contributed by atoms with Gasteiger partial charge in [-0.1, -0.05) is 26.8 Å². The molecule has 1 fully saturated rings. The molecule has 0 amide bonds. The van der Waals surface area contributed by atoms with Crippen LogP contribution in [0, 0.1) is 17.2 Å². The normalized spacial score (nSPS) is 19.9. The Labute approximate surface area is 137 Å². The molecule has 1 aliphatic heterocycles. The van der Waals surface area contributed by atoms with Crippen LogP contribution >= 0.6 is 0 Å². The zero-order chi connectivity index (χ0) is 16.8. The number of nitrogens with one attached hydrogen (secondary N) is 1. The Morgan fingerprint density at radius 3 is 2.57 bits per heavy atom. The van der Waals surface area contributed by atoms with Crippen molar-refractivity contribution in [1.29, 1.82) is 5.41 Å². The topological polar surface area (TPSA) is 76.8 Å². The summed E-state index contributed by atoms with van der Waals surface area (Å²) in [5, 5.41) is 30.0. The quantitative estimate of drug-likeness (QED) is 0.770. The minimum atomic E-state index is -0.507. The summed E-state index contributed by atoms with van der Waals surface area (Å²) in [5.41, 5.74) is 0.755. The number of amidine groups is 1. The number of phenols is 1. The first kappa shape index (κ1) is 16.1. The molecule has 1 aromatic rings. The average Bonchev–Trinajstić information content (AvgIpc) is 2.66. The molecule has 1 heterocycles. The van der Waals surface area contributed by atoms with Crippen LogP contribution < -0.4 is 4.74 Å². The molecule has 1 aromatic carbocycles. The zero-order valence-corrected chi connectivity index (χ0v) is 14.1. The van der Waals surface area contributed by atoms with Gasteiger partial charge in [0.05, 0.1) is 17.7 Å². The van der Waals surface area contributed by atoms with Gasteiger partial charge in [-0.3, -0.25) is 10.6 Å². The van der Waals surface area contributed by atoms with Crippen LogP contribution in [0.1, 0.15) is 57.6 Å². The number of benzene rings is 1. The monoisotopic (exact) mass is 318 g/mol. The Morgan fingerprint density at radius 1 is 1.30 bits per heavy atom. The summed E-state index contributed by atoms with van der Waals surface area (Å²) in [4.78, 5) is 0. The second kappa shape index (κ2) is 5.71. The first-order valence-electron chi connectivity index (χ1n) is 8.44. The van der Waals surface area contributed by atoms with Gasteiger partial charge < -0.3 is 9.84 Å². The first-order valence-corrected chi connectivity index (χ1v) is 8.44. The van der Waals surface area contributed by atoms with Crippen molar-refractivity contribution in [2.75, 3.05) is 6.61 Å². The molecule has 1 saturated carbocycles. The van der Waals surface area contributed by atoms with Crippen molar-refractivity contribution in [1.82, 2.24) is 5.06 Å². The van der Waals surface area contributed by atoms with Crippen LogP contribution in [-0.4, -0.2) is 27.8 Å². The van der Waals surface area contributed by atoms with Crippen molar-refractivity contribution in [3.8, 4) is 11.5 Å². The molecular weight excluding hydrogens is 292 g/mol. The number of nitrogens with zero attached hydrogens (tertiary/aromatic N) is 1. The van der Waals surface area contributed by atoms with Crippen molar-refractivity contribution in [2.24, 2.45) is 11.8 Å². The van der Waals surface area contributed by atoms with E-state index in [1.165, 1.54) is 0 Å². The molecule has 0 radical (unpaired) electrons. The molecule has 3 rings (SSSR count). The number of fused-ring (bicyclic) bond motifs is 2. The van der Waals surface area contributed by atoms with E-state index in [2.05, 4.69) is 20.8 Å². The predicted molar refractivity (Wildman–Crippen MR) is 88.2 cm³/mol. The van der Waals surface area contributed by atoms with Crippen molar-refractivity contribution in [3.63, 3.8) is 0 Å². The van der Waals surface area contributed by atoms with E-state index >= 15 is 0 Å². The van der Waals surface area contributed by atoms with Crippen molar-refractivity contribution in [3.05, 3.63) is 23.3 Å². The number of ether oxygens (including phenoxy) is 1. The third-order valence-electron chi connectivity index (χ3n) is 5.07. The van der Waals surface area contributed by atoms with E-state index in [9.17, 15) is 10.3 Å². The van der Waals surface area contributed by atoms with E-state index < -0.39 is 5.54 Å². The number of hydrogen-bond donors (Lipinski definition) is 3. The van der Waals surface area contributed by atoms with Crippen molar-refractivity contribution in [2.45, 2.75) is 52.0 Å². The highest BCUT2D eigenvalue weighted by Crippen LogP contribution is 2.54. The van der Waals surface area contributed by atoms with Gasteiger partial charge in [-0.05, 0) is 49.1 Å². The van der Waals surface area contributed by atoms with Crippen molar-refractivity contribution >= 4 is 5.84 Å². The Bertz CT molecular complexity index is 623. The number of hydroxylamine groups is 2. The molecule has 0 aromatic heterocycles. The molecule has 23 heavy (non-hydrogen) atoms. The van der Waals surface area contributed by atoms with E-state index in [1.807, 2.05) is 6.07 Å². The summed E-state index contributed by atoms with van der Waals surface area (Å²) >= 11 is 0. The number of aromatic hydroxyl groups is 1. The highest BCUT2D eigenvalue weighted by atomic mass is 16.5. The zero-order valence-electron chi connectivity index (χ0n) is 14.1. The molecule has 0 saturated heterocycles. The second-order valence-corrected chi connectivity index (χ2v) is 7.43. The van der Waals surface area contributed by atoms with Gasteiger partial charge in [-0.15, -0.1) is 0 Å². The van der Waals surface area contributed by atoms with Gasteiger partial charge in [0.1, 0.15) is 0 Å². The largest absolute Gasteiger partial charge is 0.504 e. The fraction of sp³-hybridized carbons (Fsp3) is 0.611. The lowest BCUT2D eigenvalue weighted by Crippen LogP contribution is -2.46. The molecule has 1 aliphatic carbocycles. The Morgan fingerprint density at radius 2 is 2.00 bits per heavy atom. The van der Waals surface area contributed by atoms with Crippen LogP contribution in [0.15, 0.2) is 12.1 Å². The standard InChI is InChI=1S/C18H26N2O3/c1-11(2)9-12(3)10-23-14-6-5-13-15(16(14)21)17(19)20(22)18(13)7-4-8-18/h5-6,11-12,19,21-22H,4,7-10H2,1-3H3. The van der Waals surface area contributed by atoms with Crippen LogP contribution in [0.2, 0.25) is 0 Å². The smallest absolute Gasteiger partial charge is 0.169 e. The summed E-state index contributed by atoms with van der Waals surface area (Å²) in [6.07, 6.45) is 3.71. The molecule has 1 spiro atoms. The van der Waals surface area contributed by atoms with Gasteiger partial charge in [-0.2, -0.15) is 0 Å². The number of hydrogen-bond acceptors (Lipinski definition) is 4. The molecule has 5 nitrogen and oxygen atoms in total. The minimum absolute atomic E-state index is 0.0212. The highest BCUT2D eigenvalue weighted by Gasteiger charge is 2.53. The molecule has 1 unspecified atom stereocenters. The summed E-state index contributed by atoms with van der Waals surface area (Å²) in [6, 6.07) is 3.66. The lowest BCUT2D eigenvalue weighted by atomic mass is 9.72. The number of rotatable bonds is 5. The molecular formula is C18H26N2O3. The van der Waals surface area contributed by atoms with Crippen LogP contribution in [0.5, 0.6) is 11.5 Å². The maximum atomic E-state index is 10.5. The SMILES string of the molecule is CC(C)CC(C)COc1ccc2c(c1O)C(=N)N(O)C21CCC1. The van der Waals surface area contributed by atoms with E-state index in [-0.39, 0.29) is 11.6 Å². The third-order valence-corrected chi connectivity index (χ3v) is 5.07. The van der Waals surface area contributed by atoms with E-state index in [0.717, 1.165) is 36.3 Å².